The van der Waals surface area contributed by atoms with Crippen LogP contribution in [-0.4, -0.2) is 33.8 Å². The molecule has 7 nitrogen and oxygen atoms in total. The zero-order valence-corrected chi connectivity index (χ0v) is 9.79. The Morgan fingerprint density at radius 3 is 2.67 bits per heavy atom. The van der Waals surface area contributed by atoms with E-state index in [9.17, 15) is 14.9 Å². The van der Waals surface area contributed by atoms with Crippen LogP contribution in [-0.2, 0) is 0 Å². The number of carboxylic acid groups (broad SMARTS) is 1. The number of hydrogen-bond donors (Lipinski definition) is 3. The van der Waals surface area contributed by atoms with Crippen molar-refractivity contribution in [1.82, 2.24) is 0 Å². The first-order valence-electron chi connectivity index (χ1n) is 5.38. The van der Waals surface area contributed by atoms with Crippen molar-refractivity contribution >= 4 is 17.3 Å². The normalized spacial score (nSPS) is 11.9. The van der Waals surface area contributed by atoms with E-state index in [2.05, 4.69) is 5.32 Å². The van der Waals surface area contributed by atoms with Crippen molar-refractivity contribution in [1.29, 1.82) is 0 Å². The first kappa shape index (κ1) is 13.9. The molecule has 1 aromatic rings. The third-order valence-corrected chi connectivity index (χ3v) is 2.51. The van der Waals surface area contributed by atoms with Crippen LogP contribution < -0.4 is 5.32 Å². The molecule has 1 rings (SSSR count). The molecule has 0 bridgehead atoms. The number of benzene rings is 1. The number of nitrogens with one attached hydrogen (secondary N) is 1. The second kappa shape index (κ2) is 5.97. The van der Waals surface area contributed by atoms with E-state index in [-0.39, 0.29) is 18.2 Å². The van der Waals surface area contributed by atoms with Crippen molar-refractivity contribution in [2.24, 2.45) is 0 Å². The van der Waals surface area contributed by atoms with Crippen LogP contribution in [0.5, 0.6) is 0 Å². The molecule has 0 radical (unpaired) electrons. The lowest BCUT2D eigenvalue weighted by Gasteiger charge is -2.15. The number of aliphatic hydroxyl groups excluding tert-OH is 1. The van der Waals surface area contributed by atoms with Crippen molar-refractivity contribution < 1.29 is 19.9 Å². The molecule has 0 heterocycles. The molecular formula is C11H14N2O5. The molecule has 7 heteroatoms. The monoisotopic (exact) mass is 254 g/mol. The third-order valence-electron chi connectivity index (χ3n) is 2.51. The number of aliphatic hydroxyl groups is 1. The number of nitro benzene ring substituents is 1. The molecule has 0 aliphatic heterocycles. The van der Waals surface area contributed by atoms with E-state index in [4.69, 9.17) is 10.2 Å². The molecule has 0 saturated carbocycles. The molecule has 3 N–H and O–H groups in total. The predicted octanol–water partition coefficient (Wildman–Crippen LogP) is 1.48. The molecule has 1 aromatic carbocycles. The molecule has 18 heavy (non-hydrogen) atoms. The Morgan fingerprint density at radius 2 is 2.22 bits per heavy atom. The number of hydrogen-bond acceptors (Lipinski definition) is 5. The average molecular weight is 254 g/mol. The second-order valence-electron chi connectivity index (χ2n) is 3.73. The highest BCUT2D eigenvalue weighted by Gasteiger charge is 2.20. The maximum atomic E-state index is 10.9. The highest BCUT2D eigenvalue weighted by Crippen LogP contribution is 2.23. The molecule has 1 atom stereocenters. The van der Waals surface area contributed by atoms with Gasteiger partial charge in [0.25, 0.3) is 5.69 Å². The number of carbonyl (C=O) groups is 1. The lowest BCUT2D eigenvalue weighted by molar-refractivity contribution is -0.385. The zero-order valence-electron chi connectivity index (χ0n) is 9.79. The van der Waals surface area contributed by atoms with Crippen molar-refractivity contribution in [2.45, 2.75) is 19.4 Å². The van der Waals surface area contributed by atoms with Crippen molar-refractivity contribution in [3.05, 3.63) is 33.9 Å². The van der Waals surface area contributed by atoms with Gasteiger partial charge in [-0.15, -0.1) is 0 Å². The topological polar surface area (TPSA) is 113 Å². The molecule has 0 fully saturated rings. The van der Waals surface area contributed by atoms with E-state index in [1.807, 2.05) is 6.92 Å². The first-order valence-corrected chi connectivity index (χ1v) is 5.38. The summed E-state index contributed by atoms with van der Waals surface area (Å²) in [6.45, 7) is 1.76. The summed E-state index contributed by atoms with van der Waals surface area (Å²) in [5, 5.41) is 31.5. The summed E-state index contributed by atoms with van der Waals surface area (Å²) in [6, 6.07) is 3.53. The highest BCUT2D eigenvalue weighted by atomic mass is 16.6. The average Bonchev–Trinajstić information content (AvgIpc) is 2.35. The van der Waals surface area contributed by atoms with E-state index in [1.54, 1.807) is 0 Å². The molecule has 0 aliphatic carbocycles. The van der Waals surface area contributed by atoms with Crippen molar-refractivity contribution in [3.63, 3.8) is 0 Å². The minimum absolute atomic E-state index is 0.101. The molecule has 0 spiro atoms. The quantitative estimate of drug-likeness (QED) is 0.523. The maximum Gasteiger partial charge on any atom is 0.342 e. The third kappa shape index (κ3) is 3.17. The molecule has 0 amide bonds. The van der Waals surface area contributed by atoms with Gasteiger partial charge in [0, 0.05) is 17.8 Å². The zero-order chi connectivity index (χ0) is 13.7. The van der Waals surface area contributed by atoms with E-state index in [0.29, 0.717) is 12.1 Å². The number of nitrogens with zero attached hydrogens (tertiary/aromatic N) is 1. The minimum Gasteiger partial charge on any atom is -0.477 e. The molecule has 0 aromatic heterocycles. The fourth-order valence-electron chi connectivity index (χ4n) is 1.47. The van der Waals surface area contributed by atoms with Gasteiger partial charge >= 0.3 is 5.97 Å². The second-order valence-corrected chi connectivity index (χ2v) is 3.73. The first-order chi connectivity index (χ1) is 8.49. The molecule has 98 valence electrons. The lowest BCUT2D eigenvalue weighted by atomic mass is 10.1. The molecule has 0 aliphatic rings. The molecule has 1 unspecified atom stereocenters. The maximum absolute atomic E-state index is 10.9. The van der Waals surface area contributed by atoms with Crippen LogP contribution in [0.1, 0.15) is 23.7 Å². The van der Waals surface area contributed by atoms with Crippen LogP contribution >= 0.6 is 0 Å². The van der Waals surface area contributed by atoms with Gasteiger partial charge in [-0.3, -0.25) is 10.1 Å². The van der Waals surface area contributed by atoms with Gasteiger partial charge in [0.15, 0.2) is 0 Å². The highest BCUT2D eigenvalue weighted by molar-refractivity contribution is 5.93. The van der Waals surface area contributed by atoms with Crippen molar-refractivity contribution in [3.8, 4) is 0 Å². The SMILES string of the molecule is CCC(CO)Nc1ccc([N+](=O)[O-])c(C(=O)O)c1. The smallest absolute Gasteiger partial charge is 0.342 e. The Balaban J connectivity index is 3.07. The van der Waals surface area contributed by atoms with Gasteiger partial charge < -0.3 is 15.5 Å². The van der Waals surface area contributed by atoms with E-state index in [0.717, 1.165) is 6.07 Å². The Morgan fingerprint density at radius 1 is 1.56 bits per heavy atom. The van der Waals surface area contributed by atoms with Gasteiger partial charge in [-0.25, -0.2) is 4.79 Å². The summed E-state index contributed by atoms with van der Waals surface area (Å²) in [6.07, 6.45) is 0.649. The summed E-state index contributed by atoms with van der Waals surface area (Å²) < 4.78 is 0. The predicted molar refractivity (Wildman–Crippen MR) is 64.8 cm³/mol. The van der Waals surface area contributed by atoms with Crippen LogP contribution in [0.3, 0.4) is 0 Å². The fourth-order valence-corrected chi connectivity index (χ4v) is 1.47. The van der Waals surface area contributed by atoms with E-state index in [1.165, 1.54) is 12.1 Å². The molecular weight excluding hydrogens is 240 g/mol. The minimum atomic E-state index is -1.36. The van der Waals surface area contributed by atoms with Crippen LogP contribution in [0.2, 0.25) is 0 Å². The van der Waals surface area contributed by atoms with Crippen LogP contribution in [0, 0.1) is 10.1 Å². The number of nitro groups is 1. The van der Waals surface area contributed by atoms with Gasteiger partial charge in [-0.05, 0) is 18.6 Å². The van der Waals surface area contributed by atoms with Crippen LogP contribution in [0.25, 0.3) is 0 Å². The number of rotatable bonds is 6. The summed E-state index contributed by atoms with van der Waals surface area (Å²) in [4.78, 5) is 20.8. The van der Waals surface area contributed by atoms with E-state index >= 15 is 0 Å². The Hall–Kier alpha value is -2.15. The van der Waals surface area contributed by atoms with Gasteiger partial charge in [0.1, 0.15) is 5.56 Å². The summed E-state index contributed by atoms with van der Waals surface area (Å²) in [7, 11) is 0. The van der Waals surface area contributed by atoms with E-state index < -0.39 is 16.6 Å². The summed E-state index contributed by atoms with van der Waals surface area (Å²) in [5.41, 5.74) is -0.401. The number of anilines is 1. The summed E-state index contributed by atoms with van der Waals surface area (Å²) in [5.74, 6) is -1.36. The molecule has 0 saturated heterocycles. The largest absolute Gasteiger partial charge is 0.477 e. The van der Waals surface area contributed by atoms with Gasteiger partial charge in [-0.2, -0.15) is 0 Å². The van der Waals surface area contributed by atoms with Gasteiger partial charge in [0.2, 0.25) is 0 Å². The Labute approximate surface area is 103 Å². The number of aromatic carboxylic acids is 1. The lowest BCUT2D eigenvalue weighted by Crippen LogP contribution is -2.22. The van der Waals surface area contributed by atoms with Crippen LogP contribution in [0.4, 0.5) is 11.4 Å². The fraction of sp³-hybridized carbons (Fsp3) is 0.364. The van der Waals surface area contributed by atoms with Gasteiger partial charge in [-0.1, -0.05) is 6.92 Å². The number of carboxylic acids is 1. The standard InChI is InChI=1S/C11H14N2O5/c1-2-7(6-14)12-8-3-4-10(13(17)18)9(5-8)11(15)16/h3-5,7,12,14H,2,6H2,1H3,(H,15,16). The van der Waals surface area contributed by atoms with Crippen LogP contribution in [0.15, 0.2) is 18.2 Å². The summed E-state index contributed by atoms with van der Waals surface area (Å²) >= 11 is 0. The van der Waals surface area contributed by atoms with Crippen molar-refractivity contribution in [2.75, 3.05) is 11.9 Å². The van der Waals surface area contributed by atoms with Gasteiger partial charge in [0.05, 0.1) is 11.5 Å². The Kier molecular flexibility index (Phi) is 4.61. The Bertz CT molecular complexity index is 457.